The minimum absolute atomic E-state index is 0.0594. The van der Waals surface area contributed by atoms with Crippen molar-refractivity contribution in [3.8, 4) is 0 Å². The normalized spacial score (nSPS) is 36.5. The lowest BCUT2D eigenvalue weighted by Gasteiger charge is -2.29. The van der Waals surface area contributed by atoms with Crippen LogP contribution in [0.4, 0.5) is 0 Å². The Morgan fingerprint density at radius 3 is 2.85 bits per heavy atom. The van der Waals surface area contributed by atoms with Crippen molar-refractivity contribution in [1.29, 1.82) is 0 Å². The third-order valence-corrected chi connectivity index (χ3v) is 2.84. The van der Waals surface area contributed by atoms with E-state index in [9.17, 15) is 0 Å². The van der Waals surface area contributed by atoms with E-state index in [4.69, 9.17) is 14.9 Å². The zero-order valence-corrected chi connectivity index (χ0v) is 8.29. The molecule has 1 aliphatic rings. The smallest absolute Gasteiger partial charge is 0.0895 e. The molecule has 0 aliphatic carbocycles. The van der Waals surface area contributed by atoms with Gasteiger partial charge < -0.3 is 20.3 Å². The van der Waals surface area contributed by atoms with Crippen LogP contribution in [0.2, 0.25) is 0 Å². The predicted octanol–water partition coefficient (Wildman–Crippen LogP) is -0.503. The van der Waals surface area contributed by atoms with Gasteiger partial charge in [0.15, 0.2) is 0 Å². The van der Waals surface area contributed by atoms with Crippen molar-refractivity contribution in [2.75, 3.05) is 19.8 Å². The van der Waals surface area contributed by atoms with Gasteiger partial charge in [-0.25, -0.2) is 0 Å². The molecule has 1 aliphatic heterocycles. The fourth-order valence-corrected chi connectivity index (χ4v) is 1.48. The average molecular weight is 189 g/mol. The fraction of sp³-hybridized carbons (Fsp3) is 1.00. The van der Waals surface area contributed by atoms with Crippen LogP contribution in [-0.4, -0.2) is 47.7 Å². The fourth-order valence-electron chi connectivity index (χ4n) is 1.48. The molecule has 4 heteroatoms. The summed E-state index contributed by atoms with van der Waals surface area (Å²) in [4.78, 5) is 0. The highest BCUT2D eigenvalue weighted by molar-refractivity contribution is 4.93. The molecule has 1 fully saturated rings. The SMILES string of the molecule is CC1OCCC1(C)NC[C@H](O)CO. The van der Waals surface area contributed by atoms with Crippen LogP contribution in [0.25, 0.3) is 0 Å². The molecule has 0 spiro atoms. The Bertz CT molecular complexity index is 165. The summed E-state index contributed by atoms with van der Waals surface area (Å²) in [5.41, 5.74) is -0.0594. The highest BCUT2D eigenvalue weighted by Crippen LogP contribution is 2.24. The molecule has 3 atom stereocenters. The molecular weight excluding hydrogens is 170 g/mol. The van der Waals surface area contributed by atoms with E-state index in [1.807, 2.05) is 6.92 Å². The number of nitrogens with one attached hydrogen (secondary N) is 1. The largest absolute Gasteiger partial charge is 0.394 e. The highest BCUT2D eigenvalue weighted by Gasteiger charge is 2.36. The number of aliphatic hydroxyl groups excluding tert-OH is 2. The monoisotopic (exact) mass is 189 g/mol. The second kappa shape index (κ2) is 4.37. The minimum Gasteiger partial charge on any atom is -0.394 e. The number of aliphatic hydroxyl groups is 2. The summed E-state index contributed by atoms with van der Waals surface area (Å²) in [5, 5.41) is 21.0. The van der Waals surface area contributed by atoms with E-state index in [1.54, 1.807) is 0 Å². The lowest BCUT2D eigenvalue weighted by atomic mass is 9.94. The van der Waals surface area contributed by atoms with E-state index in [0.29, 0.717) is 6.54 Å². The molecule has 0 aromatic rings. The van der Waals surface area contributed by atoms with Crippen LogP contribution in [0, 0.1) is 0 Å². The maximum absolute atomic E-state index is 9.17. The molecule has 1 rings (SSSR count). The van der Waals surface area contributed by atoms with Gasteiger partial charge in [0.1, 0.15) is 0 Å². The van der Waals surface area contributed by atoms with Gasteiger partial charge in [-0.05, 0) is 20.3 Å². The number of β-amino-alcohol motifs (C(OH)–C–C–N with tert-alkyl or cyclic N) is 1. The van der Waals surface area contributed by atoms with Crippen molar-refractivity contribution in [1.82, 2.24) is 5.32 Å². The first-order valence-electron chi connectivity index (χ1n) is 4.74. The molecule has 0 amide bonds. The topological polar surface area (TPSA) is 61.7 Å². The second-order valence-corrected chi connectivity index (χ2v) is 3.90. The van der Waals surface area contributed by atoms with Crippen molar-refractivity contribution in [2.24, 2.45) is 0 Å². The van der Waals surface area contributed by atoms with Crippen LogP contribution < -0.4 is 5.32 Å². The Labute approximate surface area is 78.9 Å². The summed E-state index contributed by atoms with van der Waals surface area (Å²) in [6.07, 6.45) is 0.440. The van der Waals surface area contributed by atoms with Gasteiger partial charge in [0, 0.05) is 18.7 Å². The molecule has 0 aromatic heterocycles. The van der Waals surface area contributed by atoms with Gasteiger partial charge in [-0.1, -0.05) is 0 Å². The molecule has 0 radical (unpaired) electrons. The Balaban J connectivity index is 2.34. The number of hydrogen-bond donors (Lipinski definition) is 3. The van der Waals surface area contributed by atoms with Crippen molar-refractivity contribution in [3.05, 3.63) is 0 Å². The highest BCUT2D eigenvalue weighted by atomic mass is 16.5. The Hall–Kier alpha value is -0.160. The summed E-state index contributed by atoms with van der Waals surface area (Å²) in [6.45, 7) is 5.08. The number of rotatable bonds is 4. The van der Waals surface area contributed by atoms with Gasteiger partial charge in [-0.3, -0.25) is 0 Å². The van der Waals surface area contributed by atoms with Crippen molar-refractivity contribution in [2.45, 2.75) is 38.0 Å². The molecule has 13 heavy (non-hydrogen) atoms. The molecule has 3 N–H and O–H groups in total. The quantitative estimate of drug-likeness (QED) is 0.558. The summed E-state index contributed by atoms with van der Waals surface area (Å²) >= 11 is 0. The first-order valence-corrected chi connectivity index (χ1v) is 4.74. The van der Waals surface area contributed by atoms with Gasteiger partial charge in [0.2, 0.25) is 0 Å². The lowest BCUT2D eigenvalue weighted by Crippen LogP contribution is -2.50. The van der Waals surface area contributed by atoms with Crippen LogP contribution in [0.15, 0.2) is 0 Å². The third kappa shape index (κ3) is 2.64. The average Bonchev–Trinajstić information content (AvgIpc) is 2.44. The minimum atomic E-state index is -0.676. The van der Waals surface area contributed by atoms with Crippen molar-refractivity contribution < 1.29 is 14.9 Å². The van der Waals surface area contributed by atoms with E-state index in [1.165, 1.54) is 0 Å². The van der Waals surface area contributed by atoms with E-state index < -0.39 is 6.10 Å². The lowest BCUT2D eigenvalue weighted by molar-refractivity contribution is 0.0640. The van der Waals surface area contributed by atoms with Gasteiger partial charge in [-0.15, -0.1) is 0 Å². The van der Waals surface area contributed by atoms with Crippen LogP contribution in [0.1, 0.15) is 20.3 Å². The summed E-state index contributed by atoms with van der Waals surface area (Å²) < 4.78 is 5.43. The van der Waals surface area contributed by atoms with Gasteiger partial charge in [-0.2, -0.15) is 0 Å². The van der Waals surface area contributed by atoms with E-state index in [2.05, 4.69) is 12.2 Å². The molecule has 0 saturated carbocycles. The standard InChI is InChI=1S/C9H19NO3/c1-7-9(2,3-4-13-7)10-5-8(12)6-11/h7-8,10-12H,3-6H2,1-2H3/t7?,8-,9?/m0/s1. The van der Waals surface area contributed by atoms with Crippen molar-refractivity contribution >= 4 is 0 Å². The number of ether oxygens (including phenoxy) is 1. The van der Waals surface area contributed by atoms with E-state index >= 15 is 0 Å². The van der Waals surface area contributed by atoms with Crippen LogP contribution in [0.5, 0.6) is 0 Å². The zero-order chi connectivity index (χ0) is 9.90. The summed E-state index contributed by atoms with van der Waals surface area (Å²) in [6, 6.07) is 0. The summed E-state index contributed by atoms with van der Waals surface area (Å²) in [7, 11) is 0. The first-order chi connectivity index (χ1) is 6.08. The van der Waals surface area contributed by atoms with Gasteiger partial charge in [0.25, 0.3) is 0 Å². The summed E-state index contributed by atoms with van der Waals surface area (Å²) in [5.74, 6) is 0. The Kier molecular flexibility index (Phi) is 3.67. The van der Waals surface area contributed by atoms with E-state index in [0.717, 1.165) is 13.0 Å². The van der Waals surface area contributed by atoms with Crippen molar-refractivity contribution in [3.63, 3.8) is 0 Å². The maximum Gasteiger partial charge on any atom is 0.0895 e. The second-order valence-electron chi connectivity index (χ2n) is 3.90. The molecule has 78 valence electrons. The van der Waals surface area contributed by atoms with Crippen LogP contribution in [-0.2, 0) is 4.74 Å². The van der Waals surface area contributed by atoms with E-state index in [-0.39, 0.29) is 18.2 Å². The van der Waals surface area contributed by atoms with Gasteiger partial charge >= 0.3 is 0 Å². The molecule has 4 nitrogen and oxygen atoms in total. The predicted molar refractivity (Wildman–Crippen MR) is 49.5 cm³/mol. The molecule has 1 heterocycles. The molecule has 1 saturated heterocycles. The first kappa shape index (κ1) is 10.9. The zero-order valence-electron chi connectivity index (χ0n) is 8.29. The molecule has 0 aromatic carbocycles. The van der Waals surface area contributed by atoms with Crippen LogP contribution in [0.3, 0.4) is 0 Å². The van der Waals surface area contributed by atoms with Gasteiger partial charge in [0.05, 0.1) is 18.8 Å². The van der Waals surface area contributed by atoms with Crippen LogP contribution >= 0.6 is 0 Å². The third-order valence-electron chi connectivity index (χ3n) is 2.84. The molecular formula is C9H19NO3. The Morgan fingerprint density at radius 1 is 1.69 bits per heavy atom. The molecule has 2 unspecified atom stereocenters. The number of hydrogen-bond acceptors (Lipinski definition) is 4. The molecule has 0 bridgehead atoms. The Morgan fingerprint density at radius 2 is 2.38 bits per heavy atom. The maximum atomic E-state index is 9.17.